The number of para-hydroxylation sites is 1. The largest absolute Gasteiger partial charge is 0.434 e. The molecule has 19 heavy (non-hydrogen) atoms. The van der Waals surface area contributed by atoms with Crippen LogP contribution in [0, 0.1) is 5.92 Å². The van der Waals surface area contributed by atoms with Crippen LogP contribution in [0.4, 0.5) is 8.78 Å². The van der Waals surface area contributed by atoms with Crippen molar-refractivity contribution >= 4 is 5.91 Å². The molecule has 1 aromatic carbocycles. The van der Waals surface area contributed by atoms with Gasteiger partial charge in [0, 0.05) is 12.6 Å². The van der Waals surface area contributed by atoms with E-state index in [0.29, 0.717) is 12.5 Å². The van der Waals surface area contributed by atoms with Crippen molar-refractivity contribution in [3.63, 3.8) is 0 Å². The minimum absolute atomic E-state index is 0.0767. The molecule has 0 bridgehead atoms. The van der Waals surface area contributed by atoms with Crippen LogP contribution >= 0.6 is 0 Å². The van der Waals surface area contributed by atoms with E-state index in [9.17, 15) is 13.6 Å². The van der Waals surface area contributed by atoms with Crippen LogP contribution in [0.15, 0.2) is 24.3 Å². The van der Waals surface area contributed by atoms with Crippen molar-refractivity contribution in [2.75, 3.05) is 6.54 Å². The first kappa shape index (κ1) is 13.7. The van der Waals surface area contributed by atoms with Gasteiger partial charge in [0.15, 0.2) is 0 Å². The highest BCUT2D eigenvalue weighted by Crippen LogP contribution is 2.31. The number of rotatable bonds is 6. The fraction of sp³-hybridized carbons (Fsp3) is 0.462. The molecule has 104 valence electrons. The molecule has 0 spiro atoms. The molecule has 4 nitrogen and oxygen atoms in total. The molecule has 3 N–H and O–H groups in total. The van der Waals surface area contributed by atoms with Crippen LogP contribution in [-0.2, 0) is 0 Å². The molecule has 2 rings (SSSR count). The molecule has 0 saturated heterocycles. The lowest BCUT2D eigenvalue weighted by Gasteiger charge is -2.13. The Morgan fingerprint density at radius 2 is 2.11 bits per heavy atom. The molecule has 1 fully saturated rings. The van der Waals surface area contributed by atoms with E-state index in [2.05, 4.69) is 10.1 Å². The Labute approximate surface area is 109 Å². The highest BCUT2D eigenvalue weighted by molar-refractivity contribution is 5.96. The van der Waals surface area contributed by atoms with Crippen LogP contribution in [0.25, 0.3) is 0 Å². The Balaban J connectivity index is 1.97. The number of hydrogen-bond acceptors (Lipinski definition) is 3. The van der Waals surface area contributed by atoms with Crippen molar-refractivity contribution in [3.8, 4) is 5.75 Å². The number of carbonyl (C=O) groups is 1. The van der Waals surface area contributed by atoms with Gasteiger partial charge in [-0.15, -0.1) is 0 Å². The topological polar surface area (TPSA) is 64.3 Å². The van der Waals surface area contributed by atoms with Gasteiger partial charge >= 0.3 is 6.61 Å². The number of carbonyl (C=O) groups excluding carboxylic acids is 1. The lowest BCUT2D eigenvalue weighted by Crippen LogP contribution is -2.38. The highest BCUT2D eigenvalue weighted by Gasteiger charge is 2.28. The zero-order chi connectivity index (χ0) is 13.8. The molecule has 0 aromatic heterocycles. The average molecular weight is 270 g/mol. The van der Waals surface area contributed by atoms with Gasteiger partial charge in [-0.05, 0) is 30.9 Å². The molecule has 1 amide bonds. The number of benzene rings is 1. The van der Waals surface area contributed by atoms with E-state index in [1.807, 2.05) is 0 Å². The normalized spacial score (nSPS) is 16.2. The first-order valence-corrected chi connectivity index (χ1v) is 6.15. The van der Waals surface area contributed by atoms with Gasteiger partial charge in [0.25, 0.3) is 5.91 Å². The van der Waals surface area contributed by atoms with Crippen molar-refractivity contribution in [1.29, 1.82) is 0 Å². The number of alkyl halides is 2. The van der Waals surface area contributed by atoms with Crippen LogP contribution in [0.2, 0.25) is 0 Å². The van der Waals surface area contributed by atoms with E-state index in [-0.39, 0.29) is 17.4 Å². The Hall–Kier alpha value is -1.69. The van der Waals surface area contributed by atoms with Crippen LogP contribution in [-0.4, -0.2) is 25.1 Å². The molecule has 1 aromatic rings. The fourth-order valence-corrected chi connectivity index (χ4v) is 1.85. The summed E-state index contributed by atoms with van der Waals surface area (Å²) in [7, 11) is 0. The third-order valence-electron chi connectivity index (χ3n) is 3.07. The van der Waals surface area contributed by atoms with Crippen LogP contribution in [0.1, 0.15) is 23.2 Å². The molecule has 0 aliphatic heterocycles. The van der Waals surface area contributed by atoms with Crippen molar-refractivity contribution in [3.05, 3.63) is 29.8 Å². The molecule has 6 heteroatoms. The van der Waals surface area contributed by atoms with Crippen molar-refractivity contribution in [1.82, 2.24) is 5.32 Å². The summed E-state index contributed by atoms with van der Waals surface area (Å²) < 4.78 is 28.7. The molecule has 1 aliphatic carbocycles. The monoisotopic (exact) mass is 270 g/mol. The summed E-state index contributed by atoms with van der Waals surface area (Å²) in [5, 5.41) is 2.64. The maximum atomic E-state index is 12.2. The number of halogens is 2. The molecule has 1 saturated carbocycles. The summed E-state index contributed by atoms with van der Waals surface area (Å²) in [6, 6.07) is 5.82. The number of amides is 1. The predicted octanol–water partition coefficient (Wildman–Crippen LogP) is 1.76. The summed E-state index contributed by atoms with van der Waals surface area (Å²) in [5.41, 5.74) is 5.95. The standard InChI is InChI=1S/C13H16F2N2O2/c14-13(15)19-11-4-2-1-3-9(11)12(18)17-7-10(16)8-5-6-8/h1-4,8,10,13H,5-7,16H2,(H,17,18). The van der Waals surface area contributed by atoms with Gasteiger partial charge in [-0.2, -0.15) is 8.78 Å². The zero-order valence-corrected chi connectivity index (χ0v) is 10.3. The van der Waals surface area contributed by atoms with Gasteiger partial charge in [0.05, 0.1) is 5.56 Å². The Morgan fingerprint density at radius 3 is 2.74 bits per heavy atom. The zero-order valence-electron chi connectivity index (χ0n) is 10.3. The van der Waals surface area contributed by atoms with E-state index in [1.165, 1.54) is 18.2 Å². The maximum absolute atomic E-state index is 12.2. The highest BCUT2D eigenvalue weighted by atomic mass is 19.3. The maximum Gasteiger partial charge on any atom is 0.387 e. The number of nitrogens with one attached hydrogen (secondary N) is 1. The number of nitrogens with two attached hydrogens (primary N) is 1. The van der Waals surface area contributed by atoms with Crippen LogP contribution < -0.4 is 15.8 Å². The molecule has 1 aliphatic rings. The van der Waals surface area contributed by atoms with Gasteiger partial charge in [-0.1, -0.05) is 12.1 Å². The molecule has 1 unspecified atom stereocenters. The third-order valence-corrected chi connectivity index (χ3v) is 3.07. The second-order valence-electron chi connectivity index (χ2n) is 4.59. The van der Waals surface area contributed by atoms with Crippen molar-refractivity contribution < 1.29 is 18.3 Å². The number of hydrogen-bond donors (Lipinski definition) is 2. The Bertz CT molecular complexity index is 450. The van der Waals surface area contributed by atoms with E-state index in [0.717, 1.165) is 12.8 Å². The molecule has 0 heterocycles. The van der Waals surface area contributed by atoms with Crippen molar-refractivity contribution in [2.24, 2.45) is 11.7 Å². The van der Waals surface area contributed by atoms with Crippen molar-refractivity contribution in [2.45, 2.75) is 25.5 Å². The Morgan fingerprint density at radius 1 is 1.42 bits per heavy atom. The van der Waals surface area contributed by atoms with Crippen LogP contribution in [0.5, 0.6) is 5.75 Å². The summed E-state index contributed by atoms with van der Waals surface area (Å²) in [6.45, 7) is -2.62. The predicted molar refractivity (Wildman–Crippen MR) is 66.1 cm³/mol. The summed E-state index contributed by atoms with van der Waals surface area (Å²) in [5.74, 6) is -0.116. The first-order valence-electron chi connectivity index (χ1n) is 6.15. The van der Waals surface area contributed by atoms with Gasteiger partial charge in [0.1, 0.15) is 5.75 Å². The molecule has 1 atom stereocenters. The van der Waals surface area contributed by atoms with Gasteiger partial charge in [-0.25, -0.2) is 0 Å². The lowest BCUT2D eigenvalue weighted by atomic mass is 10.1. The average Bonchev–Trinajstić information content (AvgIpc) is 3.19. The SMILES string of the molecule is NC(CNC(=O)c1ccccc1OC(F)F)C1CC1. The fourth-order valence-electron chi connectivity index (χ4n) is 1.85. The van der Waals surface area contributed by atoms with Gasteiger partial charge < -0.3 is 15.8 Å². The molecular formula is C13H16F2N2O2. The molecular weight excluding hydrogens is 254 g/mol. The van der Waals surface area contributed by atoms with Gasteiger partial charge in [-0.3, -0.25) is 4.79 Å². The van der Waals surface area contributed by atoms with E-state index in [1.54, 1.807) is 6.07 Å². The third kappa shape index (κ3) is 3.89. The molecule has 0 radical (unpaired) electrons. The minimum atomic E-state index is -2.96. The van der Waals surface area contributed by atoms with E-state index < -0.39 is 12.5 Å². The summed E-state index contributed by atoms with van der Waals surface area (Å²) in [4.78, 5) is 11.9. The quantitative estimate of drug-likeness (QED) is 0.827. The lowest BCUT2D eigenvalue weighted by molar-refractivity contribution is -0.0501. The van der Waals surface area contributed by atoms with E-state index in [4.69, 9.17) is 5.73 Å². The van der Waals surface area contributed by atoms with Crippen LogP contribution in [0.3, 0.4) is 0 Å². The first-order chi connectivity index (χ1) is 9.08. The second-order valence-corrected chi connectivity index (χ2v) is 4.59. The summed E-state index contributed by atoms with van der Waals surface area (Å²) in [6.07, 6.45) is 2.17. The smallest absolute Gasteiger partial charge is 0.387 e. The Kier molecular flexibility index (Phi) is 4.31. The summed E-state index contributed by atoms with van der Waals surface area (Å²) >= 11 is 0. The second kappa shape index (κ2) is 5.97. The number of ether oxygens (including phenoxy) is 1. The van der Waals surface area contributed by atoms with E-state index >= 15 is 0 Å². The van der Waals surface area contributed by atoms with Gasteiger partial charge in [0.2, 0.25) is 0 Å². The minimum Gasteiger partial charge on any atom is -0.434 e.